The van der Waals surface area contributed by atoms with Gasteiger partial charge in [0, 0.05) is 0 Å². The standard InChI is InChI=1S/C28H28N2O3/c1-4-32-27-17-23(14-15-26(27)33-19-22-12-10-20(2)11-13-22)16-25(18-29)28(31)30-21(3)24-8-6-5-7-9-24/h5-17,21H,4,19H2,1-3H3,(H,30,31)/b25-16-/t21-/m1/s1. The first-order valence-corrected chi connectivity index (χ1v) is 10.9. The molecular weight excluding hydrogens is 412 g/mol. The van der Waals surface area contributed by atoms with Crippen molar-refractivity contribution in [2.24, 2.45) is 0 Å². The fourth-order valence-corrected chi connectivity index (χ4v) is 3.26. The van der Waals surface area contributed by atoms with E-state index in [4.69, 9.17) is 9.47 Å². The van der Waals surface area contributed by atoms with Crippen molar-refractivity contribution in [3.05, 3.63) is 101 Å². The molecule has 168 valence electrons. The van der Waals surface area contributed by atoms with E-state index >= 15 is 0 Å². The molecule has 33 heavy (non-hydrogen) atoms. The van der Waals surface area contributed by atoms with Gasteiger partial charge in [-0.1, -0.05) is 66.2 Å². The second-order valence-corrected chi connectivity index (χ2v) is 7.69. The number of ether oxygens (including phenoxy) is 2. The van der Waals surface area contributed by atoms with E-state index in [1.165, 1.54) is 5.56 Å². The van der Waals surface area contributed by atoms with Gasteiger partial charge in [0.1, 0.15) is 18.2 Å². The van der Waals surface area contributed by atoms with E-state index in [0.717, 1.165) is 11.1 Å². The zero-order valence-electron chi connectivity index (χ0n) is 19.2. The largest absolute Gasteiger partial charge is 0.490 e. The number of benzene rings is 3. The summed E-state index contributed by atoms with van der Waals surface area (Å²) in [5, 5.41) is 12.4. The van der Waals surface area contributed by atoms with Crippen LogP contribution in [0.25, 0.3) is 6.08 Å². The monoisotopic (exact) mass is 440 g/mol. The number of rotatable bonds is 9. The topological polar surface area (TPSA) is 71.3 Å². The molecule has 0 aromatic heterocycles. The van der Waals surface area contributed by atoms with Crippen molar-refractivity contribution in [1.29, 1.82) is 5.26 Å². The molecule has 0 aliphatic heterocycles. The summed E-state index contributed by atoms with van der Waals surface area (Å²) in [5.41, 5.74) is 3.92. The van der Waals surface area contributed by atoms with Gasteiger partial charge in [-0.15, -0.1) is 0 Å². The highest BCUT2D eigenvalue weighted by Crippen LogP contribution is 2.30. The molecule has 0 unspecified atom stereocenters. The van der Waals surface area contributed by atoms with E-state index in [0.29, 0.717) is 30.3 Å². The summed E-state index contributed by atoms with van der Waals surface area (Å²) in [4.78, 5) is 12.7. The van der Waals surface area contributed by atoms with E-state index < -0.39 is 5.91 Å². The molecule has 0 saturated heterocycles. The van der Waals surface area contributed by atoms with E-state index in [1.807, 2.05) is 81.4 Å². The Bertz CT molecular complexity index is 1150. The van der Waals surface area contributed by atoms with Gasteiger partial charge in [-0.25, -0.2) is 0 Å². The molecule has 1 N–H and O–H groups in total. The Morgan fingerprint density at radius 1 is 1.03 bits per heavy atom. The molecular formula is C28H28N2O3. The van der Waals surface area contributed by atoms with E-state index in [9.17, 15) is 10.1 Å². The van der Waals surface area contributed by atoms with Gasteiger partial charge in [-0.05, 0) is 55.7 Å². The first-order valence-electron chi connectivity index (χ1n) is 10.9. The predicted molar refractivity (Wildman–Crippen MR) is 130 cm³/mol. The first-order chi connectivity index (χ1) is 16.0. The lowest BCUT2D eigenvalue weighted by molar-refractivity contribution is -0.117. The minimum absolute atomic E-state index is 0.0218. The molecule has 0 heterocycles. The summed E-state index contributed by atoms with van der Waals surface area (Å²) in [6.45, 7) is 6.70. The SMILES string of the molecule is CCOc1cc(/C=C(/C#N)C(=O)N[C@H](C)c2ccccc2)ccc1OCc1ccc(C)cc1. The van der Waals surface area contributed by atoms with Crippen molar-refractivity contribution in [3.63, 3.8) is 0 Å². The third-order valence-corrected chi connectivity index (χ3v) is 5.11. The molecule has 0 saturated carbocycles. The number of nitrogens with one attached hydrogen (secondary N) is 1. The quantitative estimate of drug-likeness (QED) is 0.339. The molecule has 0 bridgehead atoms. The number of hydrogen-bond acceptors (Lipinski definition) is 4. The molecule has 1 atom stereocenters. The summed E-state index contributed by atoms with van der Waals surface area (Å²) in [7, 11) is 0. The third kappa shape index (κ3) is 6.72. The fourth-order valence-electron chi connectivity index (χ4n) is 3.26. The van der Waals surface area contributed by atoms with Crippen molar-refractivity contribution in [3.8, 4) is 17.6 Å². The second-order valence-electron chi connectivity index (χ2n) is 7.69. The van der Waals surface area contributed by atoms with Gasteiger partial charge in [0.25, 0.3) is 5.91 Å². The molecule has 0 fully saturated rings. The van der Waals surface area contributed by atoms with Crippen molar-refractivity contribution >= 4 is 12.0 Å². The molecule has 5 nitrogen and oxygen atoms in total. The van der Waals surface area contributed by atoms with Gasteiger partial charge in [0.2, 0.25) is 0 Å². The maximum atomic E-state index is 12.7. The molecule has 5 heteroatoms. The van der Waals surface area contributed by atoms with Crippen LogP contribution in [0.3, 0.4) is 0 Å². The molecule has 0 aliphatic carbocycles. The van der Waals surface area contributed by atoms with Crippen LogP contribution >= 0.6 is 0 Å². The maximum absolute atomic E-state index is 12.7. The van der Waals surface area contributed by atoms with Crippen LogP contribution in [0.15, 0.2) is 78.4 Å². The number of nitriles is 1. The zero-order valence-corrected chi connectivity index (χ0v) is 19.2. The Balaban J connectivity index is 1.74. The van der Waals surface area contributed by atoms with Gasteiger partial charge in [-0.2, -0.15) is 5.26 Å². The number of carbonyl (C=O) groups excluding carboxylic acids is 1. The van der Waals surface area contributed by atoms with Crippen LogP contribution in [0.1, 0.15) is 42.1 Å². The van der Waals surface area contributed by atoms with Crippen molar-refractivity contribution in [1.82, 2.24) is 5.32 Å². The van der Waals surface area contributed by atoms with Crippen LogP contribution in [0.2, 0.25) is 0 Å². The first kappa shape index (κ1) is 23.6. The van der Waals surface area contributed by atoms with Crippen molar-refractivity contribution in [2.45, 2.75) is 33.4 Å². The van der Waals surface area contributed by atoms with Crippen LogP contribution < -0.4 is 14.8 Å². The van der Waals surface area contributed by atoms with E-state index in [1.54, 1.807) is 24.3 Å². The number of amides is 1. The number of nitrogens with zero attached hydrogens (tertiary/aromatic N) is 1. The highest BCUT2D eigenvalue weighted by molar-refractivity contribution is 6.01. The molecule has 1 amide bonds. The van der Waals surface area contributed by atoms with Gasteiger partial charge in [-0.3, -0.25) is 4.79 Å². The Morgan fingerprint density at radius 2 is 1.76 bits per heavy atom. The maximum Gasteiger partial charge on any atom is 0.262 e. The third-order valence-electron chi connectivity index (χ3n) is 5.11. The second kappa shape index (κ2) is 11.5. The minimum Gasteiger partial charge on any atom is -0.490 e. The number of aryl methyl sites for hydroxylation is 1. The molecule has 0 aliphatic rings. The lowest BCUT2D eigenvalue weighted by Gasteiger charge is -2.14. The highest BCUT2D eigenvalue weighted by Gasteiger charge is 2.14. The predicted octanol–water partition coefficient (Wildman–Crippen LogP) is 5.76. The van der Waals surface area contributed by atoms with Crippen LogP contribution in [0.5, 0.6) is 11.5 Å². The molecule has 0 radical (unpaired) electrons. The molecule has 3 aromatic carbocycles. The fraction of sp³-hybridized carbons (Fsp3) is 0.214. The lowest BCUT2D eigenvalue weighted by Crippen LogP contribution is -2.27. The van der Waals surface area contributed by atoms with Crippen LogP contribution in [-0.4, -0.2) is 12.5 Å². The molecule has 3 aromatic rings. The van der Waals surface area contributed by atoms with Gasteiger partial charge in [0.15, 0.2) is 11.5 Å². The summed E-state index contributed by atoms with van der Waals surface area (Å²) in [6, 6.07) is 24.9. The van der Waals surface area contributed by atoms with Crippen LogP contribution in [-0.2, 0) is 11.4 Å². The Kier molecular flexibility index (Phi) is 8.26. The summed E-state index contributed by atoms with van der Waals surface area (Å²) < 4.78 is 11.7. The van der Waals surface area contributed by atoms with Gasteiger partial charge >= 0.3 is 0 Å². The van der Waals surface area contributed by atoms with Crippen molar-refractivity contribution in [2.75, 3.05) is 6.61 Å². The van der Waals surface area contributed by atoms with Crippen LogP contribution in [0.4, 0.5) is 0 Å². The van der Waals surface area contributed by atoms with Gasteiger partial charge in [0.05, 0.1) is 12.6 Å². The average molecular weight is 441 g/mol. The summed E-state index contributed by atoms with van der Waals surface area (Å²) in [6.07, 6.45) is 1.55. The van der Waals surface area contributed by atoms with Crippen LogP contribution in [0, 0.1) is 18.3 Å². The summed E-state index contributed by atoms with van der Waals surface area (Å²) >= 11 is 0. The Hall–Kier alpha value is -4.04. The minimum atomic E-state index is -0.425. The summed E-state index contributed by atoms with van der Waals surface area (Å²) in [5.74, 6) is 0.746. The van der Waals surface area contributed by atoms with E-state index in [-0.39, 0.29) is 11.6 Å². The normalized spacial score (nSPS) is 11.9. The average Bonchev–Trinajstić information content (AvgIpc) is 2.83. The number of carbonyl (C=O) groups is 1. The van der Waals surface area contributed by atoms with E-state index in [2.05, 4.69) is 5.32 Å². The van der Waals surface area contributed by atoms with Crippen molar-refractivity contribution < 1.29 is 14.3 Å². The van der Waals surface area contributed by atoms with Gasteiger partial charge < -0.3 is 14.8 Å². The Labute approximate surface area is 195 Å². The number of hydrogen-bond donors (Lipinski definition) is 1. The molecule has 0 spiro atoms. The molecule has 3 rings (SSSR count). The Morgan fingerprint density at radius 3 is 2.42 bits per heavy atom. The zero-order chi connectivity index (χ0) is 23.6. The smallest absolute Gasteiger partial charge is 0.262 e. The highest BCUT2D eigenvalue weighted by atomic mass is 16.5. The lowest BCUT2D eigenvalue weighted by atomic mass is 10.1.